The van der Waals surface area contributed by atoms with Crippen LogP contribution in [0.3, 0.4) is 0 Å². The lowest BCUT2D eigenvalue weighted by Gasteiger charge is -2.50. The Morgan fingerprint density at radius 1 is 1.07 bits per heavy atom. The molecular formula is C33H37N3O8. The van der Waals surface area contributed by atoms with E-state index in [9.17, 15) is 34.8 Å². The lowest BCUT2D eigenvalue weighted by molar-refractivity contribution is -0.148. The summed E-state index contributed by atoms with van der Waals surface area (Å²) in [4.78, 5) is 43.4. The molecule has 11 heteroatoms. The number of carbonyl (C=O) groups is 3. The summed E-state index contributed by atoms with van der Waals surface area (Å²) in [6.07, 6.45) is 1.97. The number of ether oxygens (including phenoxy) is 1. The van der Waals surface area contributed by atoms with E-state index in [2.05, 4.69) is 17.0 Å². The van der Waals surface area contributed by atoms with Gasteiger partial charge in [0.1, 0.15) is 28.6 Å². The van der Waals surface area contributed by atoms with E-state index in [0.29, 0.717) is 23.4 Å². The van der Waals surface area contributed by atoms with Gasteiger partial charge in [-0.15, -0.1) is 0 Å². The van der Waals surface area contributed by atoms with Gasteiger partial charge in [0.2, 0.25) is 5.78 Å². The van der Waals surface area contributed by atoms with Crippen molar-refractivity contribution < 1.29 is 39.5 Å². The minimum atomic E-state index is -2.67. The molecular weight excluding hydrogens is 566 g/mol. The summed E-state index contributed by atoms with van der Waals surface area (Å²) in [6, 6.07) is 9.03. The Balaban J connectivity index is 1.40. The largest absolute Gasteiger partial charge is 0.510 e. The number of phenols is 1. The van der Waals surface area contributed by atoms with E-state index in [4.69, 9.17) is 10.5 Å². The zero-order valence-corrected chi connectivity index (χ0v) is 25.1. The molecule has 0 heterocycles. The molecule has 6 rings (SSSR count). The Labute approximate surface area is 254 Å². The number of phenolic OH excluding ortho intramolecular Hbond substituents is 1. The van der Waals surface area contributed by atoms with Crippen LogP contribution in [0.25, 0.3) is 0 Å². The van der Waals surface area contributed by atoms with Crippen LogP contribution in [0, 0.1) is 11.8 Å². The standard InChI is InChI=1S/C33H37N3O8/c1-35(2)26-21-12-17-11-20-24(27(38)23(17)30(40)33(21,43)31(41)25(28(26)39)32(34)42)22(37)13-18(29(20)44-4)14-36(3)19-9-15-7-5-6-8-16(15)10-19/h5-8,13,17,19,21,26,37,39-40,43H,9-12,14H2,1-4H3,(H2,34,42)/t17-,21-,26-,33-/m0/s1. The molecule has 0 spiro atoms. The molecule has 0 saturated carbocycles. The maximum Gasteiger partial charge on any atom is 0.255 e. The van der Waals surface area contributed by atoms with E-state index in [-0.39, 0.29) is 35.8 Å². The van der Waals surface area contributed by atoms with E-state index in [0.717, 1.165) is 12.8 Å². The Bertz CT molecular complexity index is 1650. The average Bonchev–Trinajstić information content (AvgIpc) is 3.39. The maximum absolute atomic E-state index is 14.0. The Kier molecular flexibility index (Phi) is 7.10. The van der Waals surface area contributed by atoms with Crippen molar-refractivity contribution in [3.05, 3.63) is 80.8 Å². The Hall–Kier alpha value is -4.19. The van der Waals surface area contributed by atoms with Crippen LogP contribution in [0.2, 0.25) is 0 Å². The molecule has 2 aromatic carbocycles. The number of allylic oxidation sites excluding steroid dienone is 1. The molecule has 6 N–H and O–H groups in total. The van der Waals surface area contributed by atoms with Gasteiger partial charge in [-0.25, -0.2) is 0 Å². The molecule has 0 unspecified atom stereocenters. The van der Waals surface area contributed by atoms with E-state index >= 15 is 0 Å². The number of primary amides is 1. The number of hydrogen-bond donors (Lipinski definition) is 5. The highest BCUT2D eigenvalue weighted by atomic mass is 16.5. The maximum atomic E-state index is 14.0. The van der Waals surface area contributed by atoms with Crippen molar-refractivity contribution in [2.75, 3.05) is 28.3 Å². The van der Waals surface area contributed by atoms with Crippen LogP contribution in [0.15, 0.2) is 53.0 Å². The number of fused-ring (bicyclic) bond motifs is 4. The summed E-state index contributed by atoms with van der Waals surface area (Å²) < 4.78 is 5.86. The van der Waals surface area contributed by atoms with Gasteiger partial charge >= 0.3 is 0 Å². The SMILES string of the molecule is COc1c(CN(C)C2Cc3ccccc3C2)cc(O)c2c1C[C@H]1C[C@H]3[C@H](N(C)C)C(O)=C(C(N)=O)C(=O)[C@@]3(O)C(O)=C1C2=O. The van der Waals surface area contributed by atoms with Gasteiger partial charge in [0.05, 0.1) is 18.7 Å². The molecule has 2 aromatic rings. The van der Waals surface area contributed by atoms with Crippen molar-refractivity contribution in [2.45, 2.75) is 49.9 Å². The smallest absolute Gasteiger partial charge is 0.255 e. The molecule has 0 radical (unpaired) electrons. The molecule has 0 fully saturated rings. The Morgan fingerprint density at radius 2 is 1.70 bits per heavy atom. The van der Waals surface area contributed by atoms with Crippen LogP contribution in [0.1, 0.15) is 39.0 Å². The summed E-state index contributed by atoms with van der Waals surface area (Å²) in [5.41, 5.74) is 5.43. The second-order valence-corrected chi connectivity index (χ2v) is 12.7. The number of nitrogens with zero attached hydrogens (tertiary/aromatic N) is 2. The highest BCUT2D eigenvalue weighted by Crippen LogP contribution is 2.53. The molecule has 4 aliphatic rings. The number of ketones is 2. The number of nitrogens with two attached hydrogens (primary N) is 1. The lowest BCUT2D eigenvalue weighted by atomic mass is 9.58. The fourth-order valence-electron chi connectivity index (χ4n) is 7.98. The van der Waals surface area contributed by atoms with Gasteiger partial charge in [-0.1, -0.05) is 24.3 Å². The third-order valence-corrected chi connectivity index (χ3v) is 10.0. The van der Waals surface area contributed by atoms with Crippen LogP contribution in [0.5, 0.6) is 11.5 Å². The first kappa shape index (κ1) is 29.9. The highest BCUT2D eigenvalue weighted by molar-refractivity contribution is 6.24. The molecule has 4 atom stereocenters. The summed E-state index contributed by atoms with van der Waals surface area (Å²) in [5.74, 6) is -6.36. The number of amides is 1. The number of benzene rings is 2. The third kappa shape index (κ3) is 4.17. The monoisotopic (exact) mass is 603 g/mol. The van der Waals surface area contributed by atoms with Crippen LogP contribution in [-0.2, 0) is 35.4 Å². The number of aliphatic hydroxyl groups is 3. The van der Waals surface area contributed by atoms with Gasteiger partial charge in [0.15, 0.2) is 11.4 Å². The van der Waals surface area contributed by atoms with Gasteiger partial charge in [0, 0.05) is 35.2 Å². The third-order valence-electron chi connectivity index (χ3n) is 10.0. The number of likely N-dealkylation sites (N-methyl/N-ethyl adjacent to an activating group) is 2. The quantitative estimate of drug-likeness (QED) is 0.306. The van der Waals surface area contributed by atoms with E-state index < -0.39 is 58.0 Å². The topological polar surface area (TPSA) is 174 Å². The second-order valence-electron chi connectivity index (χ2n) is 12.7. The molecule has 0 aliphatic heterocycles. The number of methoxy groups -OCH3 is 1. The second kappa shape index (κ2) is 10.5. The molecule has 1 amide bonds. The summed E-state index contributed by atoms with van der Waals surface area (Å²) in [7, 11) is 6.71. The number of aliphatic hydroxyl groups excluding tert-OH is 2. The van der Waals surface area contributed by atoms with Gasteiger partial charge in [-0.05, 0) is 69.9 Å². The summed E-state index contributed by atoms with van der Waals surface area (Å²) >= 11 is 0. The minimum Gasteiger partial charge on any atom is -0.510 e. The molecule has 0 bridgehead atoms. The molecule has 4 aliphatic carbocycles. The average molecular weight is 604 g/mol. The first-order valence-electron chi connectivity index (χ1n) is 14.6. The lowest BCUT2D eigenvalue weighted by Crippen LogP contribution is -2.63. The molecule has 44 heavy (non-hydrogen) atoms. The fraction of sp³-hybridized carbons (Fsp3) is 0.424. The molecule has 11 nitrogen and oxygen atoms in total. The van der Waals surface area contributed by atoms with E-state index in [1.807, 2.05) is 19.2 Å². The normalized spacial score (nSPS) is 26.6. The van der Waals surface area contributed by atoms with Crippen LogP contribution in [-0.4, -0.2) is 93.6 Å². The van der Waals surface area contributed by atoms with Gasteiger partial charge in [-0.2, -0.15) is 0 Å². The fourth-order valence-corrected chi connectivity index (χ4v) is 7.98. The number of aromatic hydroxyl groups is 1. The summed E-state index contributed by atoms with van der Waals surface area (Å²) in [6.45, 7) is 0.448. The zero-order chi connectivity index (χ0) is 31.8. The Morgan fingerprint density at radius 3 is 2.27 bits per heavy atom. The van der Waals surface area contributed by atoms with Gasteiger partial charge in [-0.3, -0.25) is 24.2 Å². The molecule has 0 saturated heterocycles. The van der Waals surface area contributed by atoms with Crippen LogP contribution < -0.4 is 10.5 Å². The first-order chi connectivity index (χ1) is 20.8. The van der Waals surface area contributed by atoms with Crippen molar-refractivity contribution in [1.82, 2.24) is 9.80 Å². The summed E-state index contributed by atoms with van der Waals surface area (Å²) in [5, 5.41) is 45.4. The van der Waals surface area contributed by atoms with Crippen molar-refractivity contribution >= 4 is 17.5 Å². The zero-order valence-electron chi connectivity index (χ0n) is 25.1. The number of carbonyl (C=O) groups excluding carboxylic acids is 3. The van der Waals surface area contributed by atoms with Gasteiger partial charge in [0.25, 0.3) is 5.91 Å². The first-order valence-corrected chi connectivity index (χ1v) is 14.6. The van der Waals surface area contributed by atoms with Crippen molar-refractivity contribution in [3.63, 3.8) is 0 Å². The van der Waals surface area contributed by atoms with Gasteiger partial charge < -0.3 is 30.9 Å². The molecule has 0 aromatic heterocycles. The van der Waals surface area contributed by atoms with Crippen LogP contribution in [0.4, 0.5) is 0 Å². The number of rotatable bonds is 6. The highest BCUT2D eigenvalue weighted by Gasteiger charge is 2.63. The molecule has 232 valence electrons. The van der Waals surface area contributed by atoms with Crippen LogP contribution >= 0.6 is 0 Å². The predicted octanol–water partition coefficient (Wildman–Crippen LogP) is 1.73. The van der Waals surface area contributed by atoms with Crippen molar-refractivity contribution in [2.24, 2.45) is 17.6 Å². The number of Topliss-reactive ketones (excluding diaryl/α,β-unsaturated/α-hetero) is 2. The van der Waals surface area contributed by atoms with Crippen molar-refractivity contribution in [1.29, 1.82) is 0 Å². The van der Waals surface area contributed by atoms with E-state index in [1.165, 1.54) is 29.2 Å². The minimum absolute atomic E-state index is 0.0140. The van der Waals surface area contributed by atoms with Crippen molar-refractivity contribution in [3.8, 4) is 11.5 Å². The predicted molar refractivity (Wildman–Crippen MR) is 159 cm³/mol. The number of hydrogen-bond acceptors (Lipinski definition) is 10. The van der Waals surface area contributed by atoms with E-state index in [1.54, 1.807) is 14.1 Å².